The van der Waals surface area contributed by atoms with E-state index in [0.29, 0.717) is 25.0 Å². The molecule has 1 N–H and O–H groups in total. The lowest BCUT2D eigenvalue weighted by atomic mass is 9.46. The molecule has 7 nitrogen and oxygen atoms in total. The Morgan fingerprint density at radius 1 is 1.15 bits per heavy atom. The van der Waals surface area contributed by atoms with E-state index >= 15 is 0 Å². The lowest BCUT2D eigenvalue weighted by Gasteiger charge is -2.54. The van der Waals surface area contributed by atoms with Gasteiger partial charge in [0, 0.05) is 11.0 Å². The van der Waals surface area contributed by atoms with Crippen molar-refractivity contribution in [2.45, 2.75) is 107 Å². The lowest BCUT2D eigenvalue weighted by molar-refractivity contribution is -0.136. The van der Waals surface area contributed by atoms with Crippen LogP contribution in [0.1, 0.15) is 59.3 Å². The second-order valence-electron chi connectivity index (χ2n) is 12.6. The first-order valence-corrected chi connectivity index (χ1v) is 13.0. The molecule has 0 amide bonds. The minimum absolute atomic E-state index is 0.0334. The van der Waals surface area contributed by atoms with Gasteiger partial charge in [0.15, 0.2) is 5.60 Å². The number of carbonyl (C=O) groups is 1. The van der Waals surface area contributed by atoms with Crippen LogP contribution in [-0.2, 0) is 28.5 Å². The fourth-order valence-electron chi connectivity index (χ4n) is 9.35. The minimum atomic E-state index is -0.473. The largest absolute Gasteiger partial charge is 0.458 e. The first kappa shape index (κ1) is 20.2. The van der Waals surface area contributed by atoms with Gasteiger partial charge < -0.3 is 28.8 Å². The third kappa shape index (κ3) is 2.04. The van der Waals surface area contributed by atoms with Crippen molar-refractivity contribution in [3.8, 4) is 0 Å². The van der Waals surface area contributed by atoms with E-state index in [0.717, 1.165) is 44.1 Å². The number of epoxide rings is 3. The summed E-state index contributed by atoms with van der Waals surface area (Å²) < 4.78 is 32.4. The molecule has 8 rings (SSSR count). The van der Waals surface area contributed by atoms with Gasteiger partial charge in [-0.15, -0.1) is 0 Å². The first-order chi connectivity index (χ1) is 15.8. The summed E-state index contributed by atoms with van der Waals surface area (Å²) in [5.41, 5.74) is 0.720. The van der Waals surface area contributed by atoms with Crippen LogP contribution in [-0.4, -0.2) is 71.6 Å². The predicted molar refractivity (Wildman–Crippen MR) is 114 cm³/mol. The van der Waals surface area contributed by atoms with Crippen LogP contribution in [0.2, 0.25) is 0 Å². The molecule has 6 fully saturated rings. The number of aliphatic hydroxyl groups is 1. The molecule has 0 aromatic heterocycles. The molecule has 180 valence electrons. The molecule has 2 spiro atoms. The molecule has 4 aliphatic carbocycles. The quantitative estimate of drug-likeness (QED) is 0.510. The topological polar surface area (TPSA) is 93.4 Å². The second kappa shape index (κ2) is 5.86. The number of rotatable bonds is 4. The fourth-order valence-corrected chi connectivity index (χ4v) is 9.35. The fraction of sp³-hybridized carbons (Fsp3) is 0.885. The number of ether oxygens (including phenoxy) is 5. The van der Waals surface area contributed by atoms with E-state index < -0.39 is 11.2 Å². The molecule has 0 radical (unpaired) electrons. The second-order valence-corrected chi connectivity index (χ2v) is 12.6. The van der Waals surface area contributed by atoms with Crippen LogP contribution in [0.15, 0.2) is 11.1 Å². The summed E-state index contributed by atoms with van der Waals surface area (Å²) in [5, 5.41) is 10.0. The van der Waals surface area contributed by atoms with E-state index in [9.17, 15) is 9.90 Å². The summed E-state index contributed by atoms with van der Waals surface area (Å²) >= 11 is 0. The Hall–Kier alpha value is -0.990. The van der Waals surface area contributed by atoms with Crippen LogP contribution in [0, 0.1) is 23.2 Å². The Kier molecular flexibility index (Phi) is 3.59. The highest BCUT2D eigenvalue weighted by Gasteiger charge is 3.00. The van der Waals surface area contributed by atoms with Crippen LogP contribution in [0.3, 0.4) is 0 Å². The maximum atomic E-state index is 12.3. The number of esters is 1. The van der Waals surface area contributed by atoms with E-state index in [1.807, 2.05) is 0 Å². The summed E-state index contributed by atoms with van der Waals surface area (Å²) in [6.07, 6.45) is 5.02. The molecule has 0 aromatic carbocycles. The summed E-state index contributed by atoms with van der Waals surface area (Å²) in [4.78, 5) is 12.3. The molecule has 7 heteroatoms. The molecule has 3 saturated carbocycles. The van der Waals surface area contributed by atoms with Crippen molar-refractivity contribution in [2.75, 3.05) is 13.2 Å². The van der Waals surface area contributed by atoms with Gasteiger partial charge in [0.1, 0.15) is 36.1 Å². The van der Waals surface area contributed by atoms with Crippen molar-refractivity contribution in [3.05, 3.63) is 11.1 Å². The smallest absolute Gasteiger partial charge is 0.334 e. The van der Waals surface area contributed by atoms with E-state index in [1.54, 1.807) is 0 Å². The van der Waals surface area contributed by atoms with Crippen molar-refractivity contribution in [3.63, 3.8) is 0 Å². The van der Waals surface area contributed by atoms with Gasteiger partial charge >= 0.3 is 5.97 Å². The Morgan fingerprint density at radius 3 is 2.76 bits per heavy atom. The zero-order valence-corrected chi connectivity index (χ0v) is 19.7. The number of hydrogen-bond donors (Lipinski definition) is 1. The number of hydrogen-bond acceptors (Lipinski definition) is 7. The molecule has 8 aliphatic rings. The molecular formula is C26H34O7. The molecule has 0 aromatic rings. The molecule has 11 atom stereocenters. The molecule has 2 unspecified atom stereocenters. The standard InChI is InChI=1S/C26H34O7/c1-12(2)24-19(32-24)20-26(33-20)23(3)7-6-15-16(11-29-21(15)28)17(23)9-18-25(26,31-18)22(24)30-10-13-4-5-14(27)8-13/h12-14,17-20,22,27H,4-11H2,1-3H3/t13?,14?,17-,18-,19-,20-,22+,23-,24-,25+,26+/m0/s1. The van der Waals surface area contributed by atoms with Crippen LogP contribution >= 0.6 is 0 Å². The monoisotopic (exact) mass is 458 g/mol. The number of aliphatic hydroxyl groups excluding tert-OH is 1. The maximum absolute atomic E-state index is 12.3. The molecule has 3 saturated heterocycles. The Labute approximate surface area is 194 Å². The van der Waals surface area contributed by atoms with Crippen LogP contribution in [0.5, 0.6) is 0 Å². The van der Waals surface area contributed by atoms with Gasteiger partial charge in [0.05, 0.1) is 18.8 Å². The van der Waals surface area contributed by atoms with E-state index in [2.05, 4.69) is 20.8 Å². The van der Waals surface area contributed by atoms with E-state index in [1.165, 1.54) is 5.57 Å². The van der Waals surface area contributed by atoms with Crippen molar-refractivity contribution >= 4 is 5.97 Å². The lowest BCUT2D eigenvalue weighted by Crippen LogP contribution is -2.69. The normalized spacial score (nSPS) is 59.2. The SMILES string of the molecule is CC(C)[C@]12O[C@H]1[C@@H]1O[C@]13[C@]1(O[C@H]1C[C@H]1C4=C(CC[C@@]13C)C(=O)OC4)[C@@H]2OCC1CCC(O)C1. The number of carbonyl (C=O) groups excluding carboxylic acids is 1. The Morgan fingerprint density at radius 2 is 2.00 bits per heavy atom. The number of cyclic esters (lactones) is 1. The van der Waals surface area contributed by atoms with Crippen LogP contribution in [0.4, 0.5) is 0 Å². The third-order valence-electron chi connectivity index (χ3n) is 11.1. The molecule has 4 heterocycles. The predicted octanol–water partition coefficient (Wildman–Crippen LogP) is 2.29. The molecule has 4 aliphatic heterocycles. The average molecular weight is 459 g/mol. The summed E-state index contributed by atoms with van der Waals surface area (Å²) in [5.74, 6) is 0.809. The summed E-state index contributed by atoms with van der Waals surface area (Å²) in [7, 11) is 0. The summed E-state index contributed by atoms with van der Waals surface area (Å²) in [6, 6.07) is 0. The summed E-state index contributed by atoms with van der Waals surface area (Å²) in [6.45, 7) is 7.88. The third-order valence-corrected chi connectivity index (χ3v) is 11.1. The first-order valence-electron chi connectivity index (χ1n) is 13.0. The highest BCUT2D eigenvalue weighted by atomic mass is 16.8. The van der Waals surface area contributed by atoms with Gasteiger partial charge in [-0.05, 0) is 61.9 Å². The maximum Gasteiger partial charge on any atom is 0.334 e. The molecular weight excluding hydrogens is 424 g/mol. The highest BCUT2D eigenvalue weighted by Crippen LogP contribution is 2.83. The van der Waals surface area contributed by atoms with E-state index in [4.69, 9.17) is 23.7 Å². The van der Waals surface area contributed by atoms with Crippen molar-refractivity contribution < 1.29 is 33.6 Å². The van der Waals surface area contributed by atoms with Crippen molar-refractivity contribution in [2.24, 2.45) is 23.2 Å². The van der Waals surface area contributed by atoms with E-state index in [-0.39, 0.29) is 53.4 Å². The average Bonchev–Trinajstić information content (AvgIpc) is 3.69. The minimum Gasteiger partial charge on any atom is -0.458 e. The van der Waals surface area contributed by atoms with Gasteiger partial charge in [0.25, 0.3) is 0 Å². The highest BCUT2D eigenvalue weighted by molar-refractivity contribution is 5.92. The number of fused-ring (bicyclic) bond motifs is 4. The van der Waals surface area contributed by atoms with Gasteiger partial charge in [-0.2, -0.15) is 0 Å². The van der Waals surface area contributed by atoms with Crippen molar-refractivity contribution in [1.29, 1.82) is 0 Å². The van der Waals surface area contributed by atoms with Gasteiger partial charge in [-0.3, -0.25) is 0 Å². The molecule has 33 heavy (non-hydrogen) atoms. The van der Waals surface area contributed by atoms with Crippen molar-refractivity contribution in [1.82, 2.24) is 0 Å². The van der Waals surface area contributed by atoms with Gasteiger partial charge in [-0.1, -0.05) is 20.8 Å². The van der Waals surface area contributed by atoms with Gasteiger partial charge in [-0.25, -0.2) is 4.79 Å². The Bertz CT molecular complexity index is 991. The van der Waals surface area contributed by atoms with Gasteiger partial charge in [0.2, 0.25) is 0 Å². The van der Waals surface area contributed by atoms with Crippen LogP contribution in [0.25, 0.3) is 0 Å². The Balaban J connectivity index is 1.19. The molecule has 0 bridgehead atoms. The zero-order chi connectivity index (χ0) is 22.5. The van der Waals surface area contributed by atoms with Crippen LogP contribution < -0.4 is 0 Å². The zero-order valence-electron chi connectivity index (χ0n) is 19.7.